The molecule has 0 aromatic heterocycles. The van der Waals surface area contributed by atoms with Gasteiger partial charge in [-0.15, -0.1) is 0 Å². The monoisotopic (exact) mass is 264 g/mol. The molecule has 0 aliphatic carbocycles. The second-order valence-corrected chi connectivity index (χ2v) is 5.39. The maximum absolute atomic E-state index is 3.65. The maximum atomic E-state index is 3.65. The third-order valence-corrected chi connectivity index (χ3v) is 4.59. The minimum atomic E-state index is 1.12. The summed E-state index contributed by atoms with van der Waals surface area (Å²) < 4.78 is 1.27. The molecular weight excluding hydrogens is 252 g/mol. The molecule has 0 atom stereocenters. The fourth-order valence-electron chi connectivity index (χ4n) is 1.96. The van der Waals surface area contributed by atoms with Crippen LogP contribution in [-0.4, -0.2) is 10.2 Å². The van der Waals surface area contributed by atoms with Gasteiger partial charge in [-0.05, 0) is 28.8 Å². The van der Waals surface area contributed by atoms with E-state index in [4.69, 9.17) is 0 Å². The zero-order valence-electron chi connectivity index (χ0n) is 8.47. The number of hydrogen-bond acceptors (Lipinski definition) is 0. The highest BCUT2D eigenvalue weighted by atomic mass is 79.9. The van der Waals surface area contributed by atoms with Gasteiger partial charge in [0.15, 0.2) is 0 Å². The Morgan fingerprint density at radius 1 is 1.29 bits per heavy atom. The van der Waals surface area contributed by atoms with Crippen LogP contribution in [0.5, 0.6) is 0 Å². The number of fused-ring (bicyclic) bond motifs is 1. The molecule has 0 amide bonds. The molecule has 0 aliphatic heterocycles. The summed E-state index contributed by atoms with van der Waals surface area (Å²) in [5, 5.41) is 4.32. The molecule has 0 nitrogen and oxygen atoms in total. The molecule has 14 heavy (non-hydrogen) atoms. The molecule has 0 fully saturated rings. The number of benzene rings is 2. The summed E-state index contributed by atoms with van der Waals surface area (Å²) in [6.07, 6.45) is 1.12. The van der Waals surface area contributed by atoms with Gasteiger partial charge in [0.25, 0.3) is 0 Å². The van der Waals surface area contributed by atoms with Gasteiger partial charge in [-0.2, -0.15) is 0 Å². The molecule has 0 aliphatic rings. The van der Waals surface area contributed by atoms with Crippen LogP contribution in [0.25, 0.3) is 10.8 Å². The summed E-state index contributed by atoms with van der Waals surface area (Å²) in [6.45, 7) is 2.22. The Hall–Kier alpha value is -0.603. The van der Waals surface area contributed by atoms with Crippen LogP contribution in [0.3, 0.4) is 0 Å². The third-order valence-electron chi connectivity index (χ3n) is 2.74. The van der Waals surface area contributed by atoms with Crippen molar-refractivity contribution in [2.45, 2.75) is 13.3 Å². The van der Waals surface area contributed by atoms with E-state index in [-0.39, 0.29) is 0 Å². The van der Waals surface area contributed by atoms with Crippen molar-refractivity contribution in [3.8, 4) is 0 Å². The highest BCUT2D eigenvalue weighted by Gasteiger charge is 2.05. The van der Waals surface area contributed by atoms with E-state index in [2.05, 4.69) is 53.2 Å². The molecule has 0 saturated carbocycles. The molecular formula is C12H13BrSi. The molecule has 0 spiro atoms. The lowest BCUT2D eigenvalue weighted by atomic mass is 10.1. The Balaban J connectivity index is 2.86. The zero-order chi connectivity index (χ0) is 10.1. The number of rotatable bonds is 1. The van der Waals surface area contributed by atoms with Gasteiger partial charge in [-0.1, -0.05) is 52.3 Å². The van der Waals surface area contributed by atoms with Crippen molar-refractivity contribution in [2.24, 2.45) is 0 Å². The first kappa shape index (κ1) is 9.93. The maximum Gasteiger partial charge on any atom is 0.0397 e. The van der Waals surface area contributed by atoms with Crippen LogP contribution in [-0.2, 0) is 6.42 Å². The highest BCUT2D eigenvalue weighted by molar-refractivity contribution is 9.10. The lowest BCUT2D eigenvalue weighted by Crippen LogP contribution is -2.11. The predicted molar refractivity (Wildman–Crippen MR) is 70.6 cm³/mol. The van der Waals surface area contributed by atoms with E-state index in [0.29, 0.717) is 0 Å². The third kappa shape index (κ3) is 1.53. The first-order valence-corrected chi connectivity index (χ1v) is 6.70. The standard InChI is InChI=1S/C12H13BrSi/c1-2-9-11(13)7-8-5-3-4-6-10(8)12(9)14/h3-7H,2H2,1,14H3. The van der Waals surface area contributed by atoms with E-state index in [9.17, 15) is 0 Å². The molecule has 72 valence electrons. The second kappa shape index (κ2) is 3.87. The molecule has 0 radical (unpaired) electrons. The fraction of sp³-hybridized carbons (Fsp3) is 0.167. The van der Waals surface area contributed by atoms with Crippen molar-refractivity contribution in [3.05, 3.63) is 40.4 Å². The van der Waals surface area contributed by atoms with Crippen LogP contribution in [0.2, 0.25) is 0 Å². The molecule has 2 heteroatoms. The Morgan fingerprint density at radius 2 is 2.00 bits per heavy atom. The lowest BCUT2D eigenvalue weighted by Gasteiger charge is -2.10. The average Bonchev–Trinajstić information content (AvgIpc) is 2.18. The smallest absolute Gasteiger partial charge is 0.0397 e. The topological polar surface area (TPSA) is 0 Å². The molecule has 0 saturated heterocycles. The molecule has 0 unspecified atom stereocenters. The van der Waals surface area contributed by atoms with E-state index in [1.807, 2.05) is 0 Å². The van der Waals surface area contributed by atoms with Crippen LogP contribution < -0.4 is 5.19 Å². The van der Waals surface area contributed by atoms with Gasteiger partial charge in [0, 0.05) is 14.7 Å². The van der Waals surface area contributed by atoms with E-state index in [1.54, 1.807) is 0 Å². The van der Waals surface area contributed by atoms with Gasteiger partial charge < -0.3 is 0 Å². The van der Waals surface area contributed by atoms with Gasteiger partial charge in [0.05, 0.1) is 0 Å². The second-order valence-electron chi connectivity index (χ2n) is 3.54. The molecule has 2 aromatic carbocycles. The van der Waals surface area contributed by atoms with Crippen LogP contribution in [0.4, 0.5) is 0 Å². The van der Waals surface area contributed by atoms with Crippen LogP contribution in [0.1, 0.15) is 12.5 Å². The average molecular weight is 265 g/mol. The van der Waals surface area contributed by atoms with E-state index < -0.39 is 0 Å². The van der Waals surface area contributed by atoms with Gasteiger partial charge >= 0.3 is 0 Å². The van der Waals surface area contributed by atoms with Gasteiger partial charge in [0.2, 0.25) is 0 Å². The lowest BCUT2D eigenvalue weighted by molar-refractivity contribution is 1.15. The number of hydrogen-bond donors (Lipinski definition) is 0. The van der Waals surface area contributed by atoms with E-state index >= 15 is 0 Å². The van der Waals surface area contributed by atoms with Crippen molar-refractivity contribution in [2.75, 3.05) is 0 Å². The predicted octanol–water partition coefficient (Wildman–Crippen LogP) is 2.16. The van der Waals surface area contributed by atoms with E-state index in [1.165, 1.54) is 26.0 Å². The van der Waals surface area contributed by atoms with Crippen molar-refractivity contribution in [1.29, 1.82) is 0 Å². The Labute approximate surface area is 95.9 Å². The normalized spacial score (nSPS) is 11.0. The van der Waals surface area contributed by atoms with Crippen molar-refractivity contribution in [1.82, 2.24) is 0 Å². The van der Waals surface area contributed by atoms with Crippen molar-refractivity contribution >= 4 is 42.1 Å². The SMILES string of the molecule is CCc1c(Br)cc2ccccc2c1[SiH3]. The van der Waals surface area contributed by atoms with Crippen molar-refractivity contribution in [3.63, 3.8) is 0 Å². The largest absolute Gasteiger partial charge is 0.0616 e. The summed E-state index contributed by atoms with van der Waals surface area (Å²) >= 11 is 3.65. The summed E-state index contributed by atoms with van der Waals surface area (Å²) in [5.74, 6) is 0. The molecule has 0 heterocycles. The Bertz CT molecular complexity index is 477. The zero-order valence-corrected chi connectivity index (χ0v) is 12.1. The molecule has 0 bridgehead atoms. The first-order chi connectivity index (χ1) is 6.74. The van der Waals surface area contributed by atoms with E-state index in [0.717, 1.165) is 16.7 Å². The first-order valence-electron chi connectivity index (χ1n) is 4.90. The highest BCUT2D eigenvalue weighted by Crippen LogP contribution is 2.22. The molecule has 0 N–H and O–H groups in total. The quantitative estimate of drug-likeness (QED) is 0.693. The van der Waals surface area contributed by atoms with Gasteiger partial charge in [0.1, 0.15) is 0 Å². The van der Waals surface area contributed by atoms with Crippen LogP contribution >= 0.6 is 15.9 Å². The summed E-state index contributed by atoms with van der Waals surface area (Å²) in [4.78, 5) is 0. The van der Waals surface area contributed by atoms with Crippen LogP contribution in [0.15, 0.2) is 34.8 Å². The Kier molecular flexibility index (Phi) is 2.75. The van der Waals surface area contributed by atoms with Gasteiger partial charge in [-0.3, -0.25) is 0 Å². The van der Waals surface area contributed by atoms with Crippen LogP contribution in [0, 0.1) is 0 Å². The van der Waals surface area contributed by atoms with Gasteiger partial charge in [-0.25, -0.2) is 0 Å². The fourth-order valence-corrected chi connectivity index (χ4v) is 4.23. The summed E-state index contributed by atoms with van der Waals surface area (Å²) in [7, 11) is 1.12. The Morgan fingerprint density at radius 3 is 2.71 bits per heavy atom. The number of halogens is 1. The minimum absolute atomic E-state index is 1.12. The summed E-state index contributed by atoms with van der Waals surface area (Å²) in [5.41, 5.74) is 1.48. The minimum Gasteiger partial charge on any atom is -0.0616 e. The molecule has 2 aromatic rings. The van der Waals surface area contributed by atoms with Crippen molar-refractivity contribution < 1.29 is 0 Å². The summed E-state index contributed by atoms with van der Waals surface area (Å²) in [6, 6.07) is 10.9. The molecule has 2 rings (SSSR count).